The predicted octanol–water partition coefficient (Wildman–Crippen LogP) is 4.40. The average Bonchev–Trinajstić information content (AvgIpc) is 2.56. The van der Waals surface area contributed by atoms with Crippen LogP contribution in [0.5, 0.6) is 0 Å². The fraction of sp³-hybridized carbons (Fsp3) is 0.167. The highest BCUT2D eigenvalue weighted by Crippen LogP contribution is 2.23. The van der Waals surface area contributed by atoms with Gasteiger partial charge in [0.05, 0.1) is 13.2 Å². The third-order valence-electron chi connectivity index (χ3n) is 3.56. The van der Waals surface area contributed by atoms with Crippen LogP contribution in [0.4, 0.5) is 5.69 Å². The number of carbonyl (C=O) groups excluding carboxylic acids is 1. The van der Waals surface area contributed by atoms with Crippen LogP contribution in [0.2, 0.25) is 5.02 Å². The number of hydrogen-bond acceptors (Lipinski definition) is 2. The molecule has 112 valence electrons. The zero-order valence-electron chi connectivity index (χ0n) is 12.0. The van der Waals surface area contributed by atoms with E-state index in [2.05, 4.69) is 11.4 Å². The Hall–Kier alpha value is -2.10. The SMILES string of the molecule is O=C(Nc1ccc(C2=CCOCC2)cc1)c1cccc(Cl)c1. The Balaban J connectivity index is 1.71. The van der Waals surface area contributed by atoms with Crippen LogP contribution < -0.4 is 5.32 Å². The summed E-state index contributed by atoms with van der Waals surface area (Å²) in [7, 11) is 0. The minimum atomic E-state index is -0.166. The van der Waals surface area contributed by atoms with Crippen molar-refractivity contribution < 1.29 is 9.53 Å². The number of ether oxygens (including phenoxy) is 1. The summed E-state index contributed by atoms with van der Waals surface area (Å²) in [6.45, 7) is 1.43. The second-order valence-corrected chi connectivity index (χ2v) is 5.53. The highest BCUT2D eigenvalue weighted by atomic mass is 35.5. The monoisotopic (exact) mass is 313 g/mol. The Morgan fingerprint density at radius 3 is 2.64 bits per heavy atom. The van der Waals surface area contributed by atoms with Gasteiger partial charge in [0, 0.05) is 16.3 Å². The Labute approximate surface area is 134 Å². The molecular formula is C18H16ClNO2. The van der Waals surface area contributed by atoms with Crippen molar-refractivity contribution in [3.05, 3.63) is 70.8 Å². The maximum Gasteiger partial charge on any atom is 0.255 e. The zero-order valence-corrected chi connectivity index (χ0v) is 12.8. The van der Waals surface area contributed by atoms with Crippen molar-refractivity contribution in [2.45, 2.75) is 6.42 Å². The molecule has 0 aromatic heterocycles. The third-order valence-corrected chi connectivity index (χ3v) is 3.80. The van der Waals surface area contributed by atoms with E-state index in [9.17, 15) is 4.79 Å². The van der Waals surface area contributed by atoms with Gasteiger partial charge >= 0.3 is 0 Å². The van der Waals surface area contributed by atoms with Gasteiger partial charge in [0.1, 0.15) is 0 Å². The van der Waals surface area contributed by atoms with Gasteiger partial charge in [-0.05, 0) is 47.9 Å². The first-order valence-corrected chi connectivity index (χ1v) is 7.54. The van der Waals surface area contributed by atoms with E-state index in [0.717, 1.165) is 18.7 Å². The summed E-state index contributed by atoms with van der Waals surface area (Å²) in [6, 6.07) is 14.8. The van der Waals surface area contributed by atoms with Gasteiger partial charge in [-0.2, -0.15) is 0 Å². The molecule has 0 unspecified atom stereocenters. The Bertz CT molecular complexity index is 707. The van der Waals surface area contributed by atoms with Gasteiger partial charge in [0.25, 0.3) is 5.91 Å². The van der Waals surface area contributed by atoms with Gasteiger partial charge < -0.3 is 10.1 Å². The summed E-state index contributed by atoms with van der Waals surface area (Å²) in [4.78, 5) is 12.2. The van der Waals surface area contributed by atoms with E-state index in [1.54, 1.807) is 24.3 Å². The van der Waals surface area contributed by atoms with Crippen molar-refractivity contribution in [1.29, 1.82) is 0 Å². The molecule has 0 saturated carbocycles. The molecule has 2 aromatic rings. The fourth-order valence-electron chi connectivity index (χ4n) is 2.39. The maximum atomic E-state index is 12.2. The predicted molar refractivity (Wildman–Crippen MR) is 89.3 cm³/mol. The largest absolute Gasteiger partial charge is 0.377 e. The summed E-state index contributed by atoms with van der Waals surface area (Å²) < 4.78 is 5.31. The standard InChI is InChI=1S/C18H16ClNO2/c19-16-3-1-2-15(12-16)18(21)20-17-6-4-13(5-7-17)14-8-10-22-11-9-14/h1-8,12H,9-11H2,(H,20,21). The van der Waals surface area contributed by atoms with Gasteiger partial charge in [-0.3, -0.25) is 4.79 Å². The van der Waals surface area contributed by atoms with E-state index in [1.807, 2.05) is 24.3 Å². The molecule has 1 aliphatic heterocycles. The van der Waals surface area contributed by atoms with Crippen molar-refractivity contribution in [3.8, 4) is 0 Å². The van der Waals surface area contributed by atoms with E-state index in [1.165, 1.54) is 11.1 Å². The van der Waals surface area contributed by atoms with E-state index in [4.69, 9.17) is 16.3 Å². The van der Waals surface area contributed by atoms with E-state index >= 15 is 0 Å². The summed E-state index contributed by atoms with van der Waals surface area (Å²) >= 11 is 5.90. The van der Waals surface area contributed by atoms with Crippen molar-refractivity contribution in [3.63, 3.8) is 0 Å². The van der Waals surface area contributed by atoms with Gasteiger partial charge in [0.15, 0.2) is 0 Å². The molecule has 4 heteroatoms. The number of hydrogen-bond donors (Lipinski definition) is 1. The van der Waals surface area contributed by atoms with Crippen molar-refractivity contribution in [2.24, 2.45) is 0 Å². The minimum absolute atomic E-state index is 0.166. The van der Waals surface area contributed by atoms with Crippen LogP contribution in [-0.4, -0.2) is 19.1 Å². The molecule has 2 aromatic carbocycles. The van der Waals surface area contributed by atoms with E-state index in [-0.39, 0.29) is 5.91 Å². The number of benzene rings is 2. The number of carbonyl (C=O) groups is 1. The van der Waals surface area contributed by atoms with Gasteiger partial charge in [-0.15, -0.1) is 0 Å². The van der Waals surface area contributed by atoms with Gasteiger partial charge in [0.2, 0.25) is 0 Å². The Kier molecular flexibility index (Phi) is 4.56. The smallest absolute Gasteiger partial charge is 0.255 e. The maximum absolute atomic E-state index is 12.2. The normalized spacial score (nSPS) is 14.3. The molecule has 1 aliphatic rings. The molecule has 1 heterocycles. The lowest BCUT2D eigenvalue weighted by Crippen LogP contribution is -2.11. The quantitative estimate of drug-likeness (QED) is 0.912. The number of amides is 1. The van der Waals surface area contributed by atoms with Gasteiger partial charge in [-0.25, -0.2) is 0 Å². The Morgan fingerprint density at radius 1 is 1.14 bits per heavy atom. The van der Waals surface area contributed by atoms with Crippen LogP contribution in [0.3, 0.4) is 0 Å². The number of rotatable bonds is 3. The average molecular weight is 314 g/mol. The minimum Gasteiger partial charge on any atom is -0.377 e. The molecule has 1 N–H and O–H groups in total. The summed E-state index contributed by atoms with van der Waals surface area (Å²) in [5, 5.41) is 3.42. The van der Waals surface area contributed by atoms with Crippen molar-refractivity contribution in [2.75, 3.05) is 18.5 Å². The van der Waals surface area contributed by atoms with Crippen LogP contribution in [0, 0.1) is 0 Å². The first kappa shape index (κ1) is 14.8. The topological polar surface area (TPSA) is 38.3 Å². The second-order valence-electron chi connectivity index (χ2n) is 5.10. The first-order valence-electron chi connectivity index (χ1n) is 7.16. The molecule has 0 fully saturated rings. The molecule has 0 saturated heterocycles. The van der Waals surface area contributed by atoms with Crippen molar-refractivity contribution >= 4 is 28.8 Å². The number of nitrogens with one attached hydrogen (secondary N) is 1. The second kappa shape index (κ2) is 6.77. The Morgan fingerprint density at radius 2 is 1.95 bits per heavy atom. The highest BCUT2D eigenvalue weighted by molar-refractivity contribution is 6.31. The highest BCUT2D eigenvalue weighted by Gasteiger charge is 2.08. The molecular weight excluding hydrogens is 298 g/mol. The molecule has 0 atom stereocenters. The lowest BCUT2D eigenvalue weighted by molar-refractivity contribution is 0.102. The van der Waals surface area contributed by atoms with Crippen LogP contribution in [0.25, 0.3) is 5.57 Å². The summed E-state index contributed by atoms with van der Waals surface area (Å²) in [5.41, 5.74) is 3.77. The fourth-order valence-corrected chi connectivity index (χ4v) is 2.58. The van der Waals surface area contributed by atoms with E-state index < -0.39 is 0 Å². The molecule has 0 aliphatic carbocycles. The number of halogens is 1. The third kappa shape index (κ3) is 3.56. The summed E-state index contributed by atoms with van der Waals surface area (Å²) in [5.74, 6) is -0.166. The lowest BCUT2D eigenvalue weighted by Gasteiger charge is -2.14. The molecule has 3 rings (SSSR count). The van der Waals surface area contributed by atoms with Crippen molar-refractivity contribution in [1.82, 2.24) is 0 Å². The van der Waals surface area contributed by atoms with Crippen LogP contribution in [-0.2, 0) is 4.74 Å². The molecule has 22 heavy (non-hydrogen) atoms. The van der Waals surface area contributed by atoms with Crippen LogP contribution in [0.1, 0.15) is 22.3 Å². The first-order chi connectivity index (χ1) is 10.7. The lowest BCUT2D eigenvalue weighted by atomic mass is 10.0. The molecule has 0 radical (unpaired) electrons. The molecule has 1 amide bonds. The summed E-state index contributed by atoms with van der Waals surface area (Å²) in [6.07, 6.45) is 3.03. The van der Waals surface area contributed by atoms with Gasteiger partial charge in [-0.1, -0.05) is 35.9 Å². The molecule has 3 nitrogen and oxygen atoms in total. The van der Waals surface area contributed by atoms with Crippen LogP contribution >= 0.6 is 11.6 Å². The number of anilines is 1. The zero-order chi connectivity index (χ0) is 15.4. The molecule has 0 spiro atoms. The van der Waals surface area contributed by atoms with E-state index in [0.29, 0.717) is 17.2 Å². The van der Waals surface area contributed by atoms with Crippen LogP contribution in [0.15, 0.2) is 54.6 Å². The molecule has 0 bridgehead atoms.